The van der Waals surface area contributed by atoms with Crippen molar-refractivity contribution in [1.29, 1.82) is 0 Å². The molecule has 20 heavy (non-hydrogen) atoms. The van der Waals surface area contributed by atoms with E-state index in [0.717, 1.165) is 26.2 Å². The lowest BCUT2D eigenvalue weighted by Gasteiger charge is -2.33. The molecule has 0 radical (unpaired) electrons. The Balaban J connectivity index is 1.70. The molecule has 1 aliphatic carbocycles. The fraction of sp³-hybridized carbons (Fsp3) is 0.625. The number of halogens is 2. The summed E-state index contributed by atoms with van der Waals surface area (Å²) >= 11 is 3.28. The molecule has 2 fully saturated rings. The molecular formula is C16H22BrFN2. The van der Waals surface area contributed by atoms with E-state index in [0.29, 0.717) is 10.0 Å². The lowest BCUT2D eigenvalue weighted by atomic mass is 9.97. The fourth-order valence-corrected chi connectivity index (χ4v) is 4.06. The zero-order valence-corrected chi connectivity index (χ0v) is 13.4. The lowest BCUT2D eigenvalue weighted by molar-refractivity contribution is 0.203. The highest BCUT2D eigenvalue weighted by Gasteiger charge is 2.36. The summed E-state index contributed by atoms with van der Waals surface area (Å²) in [5, 5.41) is 3.78. The number of rotatable bonds is 2. The molecule has 0 aromatic heterocycles. The van der Waals surface area contributed by atoms with Gasteiger partial charge in [0.05, 0.1) is 4.47 Å². The summed E-state index contributed by atoms with van der Waals surface area (Å²) < 4.78 is 13.9. The van der Waals surface area contributed by atoms with Crippen LogP contribution in [-0.2, 0) is 6.54 Å². The Morgan fingerprint density at radius 1 is 1.25 bits per heavy atom. The van der Waals surface area contributed by atoms with Crippen LogP contribution in [0.15, 0.2) is 22.7 Å². The molecule has 1 heterocycles. The number of hydrogen-bond donors (Lipinski definition) is 1. The van der Waals surface area contributed by atoms with E-state index in [1.165, 1.54) is 37.7 Å². The Kier molecular flexibility index (Phi) is 4.43. The van der Waals surface area contributed by atoms with Crippen LogP contribution in [0.5, 0.6) is 0 Å². The van der Waals surface area contributed by atoms with Crippen LogP contribution in [0.3, 0.4) is 0 Å². The topological polar surface area (TPSA) is 15.3 Å². The number of hydrogen-bond acceptors (Lipinski definition) is 2. The third kappa shape index (κ3) is 3.23. The molecule has 3 rings (SSSR count). The molecule has 1 aromatic rings. The van der Waals surface area contributed by atoms with E-state index >= 15 is 0 Å². The zero-order chi connectivity index (χ0) is 14.0. The summed E-state index contributed by atoms with van der Waals surface area (Å²) in [5.41, 5.74) is 1.53. The van der Waals surface area contributed by atoms with Crippen molar-refractivity contribution in [2.75, 3.05) is 19.6 Å². The summed E-state index contributed by atoms with van der Waals surface area (Å²) in [7, 11) is 0. The van der Waals surface area contributed by atoms with Crippen molar-refractivity contribution in [3.8, 4) is 0 Å². The van der Waals surface area contributed by atoms with Gasteiger partial charge in [-0.25, -0.2) is 4.39 Å². The van der Waals surface area contributed by atoms with Crippen LogP contribution in [0, 0.1) is 5.82 Å². The number of nitrogens with one attached hydrogen (secondary N) is 1. The molecule has 1 saturated carbocycles. The lowest BCUT2D eigenvalue weighted by Crippen LogP contribution is -2.49. The summed E-state index contributed by atoms with van der Waals surface area (Å²) in [4.78, 5) is 2.53. The molecule has 110 valence electrons. The molecule has 1 N–H and O–H groups in total. The highest BCUT2D eigenvalue weighted by Crippen LogP contribution is 2.32. The van der Waals surface area contributed by atoms with Crippen LogP contribution in [0.4, 0.5) is 4.39 Å². The molecular weight excluding hydrogens is 319 g/mol. The Bertz CT molecular complexity index is 472. The molecule has 0 amide bonds. The minimum atomic E-state index is -0.182. The normalized spacial score (nSPS) is 23.1. The van der Waals surface area contributed by atoms with Gasteiger partial charge >= 0.3 is 0 Å². The minimum Gasteiger partial charge on any atom is -0.310 e. The molecule has 0 unspecified atom stereocenters. The zero-order valence-electron chi connectivity index (χ0n) is 11.8. The van der Waals surface area contributed by atoms with Gasteiger partial charge < -0.3 is 5.32 Å². The van der Waals surface area contributed by atoms with Crippen LogP contribution >= 0.6 is 15.9 Å². The first-order valence-electron chi connectivity index (χ1n) is 7.58. The molecule has 2 aliphatic rings. The van der Waals surface area contributed by atoms with Crippen molar-refractivity contribution < 1.29 is 4.39 Å². The SMILES string of the molecule is Fc1ccc(CN2CCCNC3(CCCC3)C2)cc1Br. The van der Waals surface area contributed by atoms with Gasteiger partial charge in [0, 0.05) is 18.6 Å². The van der Waals surface area contributed by atoms with E-state index in [1.807, 2.05) is 12.1 Å². The average Bonchev–Trinajstić information content (AvgIpc) is 2.77. The Morgan fingerprint density at radius 3 is 2.80 bits per heavy atom. The number of nitrogens with zero attached hydrogens (tertiary/aromatic N) is 1. The van der Waals surface area contributed by atoms with Gasteiger partial charge in [-0.1, -0.05) is 18.9 Å². The van der Waals surface area contributed by atoms with Crippen LogP contribution in [0.2, 0.25) is 0 Å². The summed E-state index contributed by atoms with van der Waals surface area (Å²) in [6, 6.07) is 5.37. The Hall–Kier alpha value is -0.450. The molecule has 1 aliphatic heterocycles. The van der Waals surface area contributed by atoms with Crippen molar-refractivity contribution in [2.45, 2.75) is 44.2 Å². The van der Waals surface area contributed by atoms with Crippen LogP contribution in [0.25, 0.3) is 0 Å². The number of benzene rings is 1. The van der Waals surface area contributed by atoms with E-state index in [2.05, 4.69) is 26.1 Å². The smallest absolute Gasteiger partial charge is 0.137 e. The standard InChI is InChI=1S/C16H22BrFN2/c17-14-10-13(4-5-15(14)18)11-20-9-3-8-19-16(12-20)6-1-2-7-16/h4-5,10,19H,1-3,6-9,11-12H2. The fourth-order valence-electron chi connectivity index (χ4n) is 3.64. The van der Waals surface area contributed by atoms with E-state index in [9.17, 15) is 4.39 Å². The van der Waals surface area contributed by atoms with Crippen LogP contribution in [-0.4, -0.2) is 30.1 Å². The predicted molar refractivity (Wildman–Crippen MR) is 83.2 cm³/mol. The Labute approximate surface area is 128 Å². The highest BCUT2D eigenvalue weighted by molar-refractivity contribution is 9.10. The van der Waals surface area contributed by atoms with Crippen molar-refractivity contribution in [2.24, 2.45) is 0 Å². The van der Waals surface area contributed by atoms with Gasteiger partial charge in [-0.15, -0.1) is 0 Å². The molecule has 1 saturated heterocycles. The molecule has 2 nitrogen and oxygen atoms in total. The van der Waals surface area contributed by atoms with Crippen LogP contribution in [0.1, 0.15) is 37.7 Å². The maximum absolute atomic E-state index is 13.3. The van der Waals surface area contributed by atoms with Gasteiger partial charge in [-0.3, -0.25) is 4.90 Å². The summed E-state index contributed by atoms with van der Waals surface area (Å²) in [5.74, 6) is -0.182. The second-order valence-corrected chi connectivity index (χ2v) is 7.08. The largest absolute Gasteiger partial charge is 0.310 e. The van der Waals surface area contributed by atoms with Gasteiger partial charge in [0.25, 0.3) is 0 Å². The molecule has 4 heteroatoms. The average molecular weight is 341 g/mol. The predicted octanol–water partition coefficient (Wildman–Crippen LogP) is 3.70. The first-order valence-corrected chi connectivity index (χ1v) is 8.38. The van der Waals surface area contributed by atoms with E-state index < -0.39 is 0 Å². The third-order valence-corrected chi connectivity index (χ3v) is 5.24. The highest BCUT2D eigenvalue weighted by atomic mass is 79.9. The van der Waals surface area contributed by atoms with Gasteiger partial charge in [0.2, 0.25) is 0 Å². The van der Waals surface area contributed by atoms with Gasteiger partial charge in [0.15, 0.2) is 0 Å². The molecule has 0 bridgehead atoms. The third-order valence-electron chi connectivity index (χ3n) is 4.63. The molecule has 1 spiro atoms. The monoisotopic (exact) mass is 340 g/mol. The maximum Gasteiger partial charge on any atom is 0.137 e. The summed E-state index contributed by atoms with van der Waals surface area (Å²) in [6.45, 7) is 4.30. The second-order valence-electron chi connectivity index (χ2n) is 6.23. The quantitative estimate of drug-likeness (QED) is 0.883. The second kappa shape index (κ2) is 6.12. The van der Waals surface area contributed by atoms with Gasteiger partial charge in [-0.2, -0.15) is 0 Å². The van der Waals surface area contributed by atoms with Crippen LogP contribution < -0.4 is 5.32 Å². The van der Waals surface area contributed by atoms with E-state index in [1.54, 1.807) is 6.07 Å². The van der Waals surface area contributed by atoms with Crippen molar-refractivity contribution in [3.63, 3.8) is 0 Å². The van der Waals surface area contributed by atoms with Crippen molar-refractivity contribution in [1.82, 2.24) is 10.2 Å². The van der Waals surface area contributed by atoms with E-state index in [-0.39, 0.29) is 5.82 Å². The molecule has 0 atom stereocenters. The first kappa shape index (κ1) is 14.5. The van der Waals surface area contributed by atoms with Gasteiger partial charge in [-0.05, 0) is 66.0 Å². The molecule has 1 aromatic carbocycles. The Morgan fingerprint density at radius 2 is 2.05 bits per heavy atom. The van der Waals surface area contributed by atoms with Crippen molar-refractivity contribution in [3.05, 3.63) is 34.1 Å². The van der Waals surface area contributed by atoms with Crippen molar-refractivity contribution >= 4 is 15.9 Å². The first-order chi connectivity index (χ1) is 9.67. The maximum atomic E-state index is 13.3. The minimum absolute atomic E-state index is 0.182. The summed E-state index contributed by atoms with van der Waals surface area (Å²) in [6.07, 6.45) is 6.50. The van der Waals surface area contributed by atoms with Gasteiger partial charge in [0.1, 0.15) is 5.82 Å². The van der Waals surface area contributed by atoms with E-state index in [4.69, 9.17) is 0 Å².